The van der Waals surface area contributed by atoms with E-state index in [-0.39, 0.29) is 0 Å². The molecule has 0 saturated heterocycles. The average molecular weight is 181 g/mol. The van der Waals surface area contributed by atoms with Gasteiger partial charge >= 0.3 is 0 Å². The Bertz CT molecular complexity index is 136. The van der Waals surface area contributed by atoms with Crippen molar-refractivity contribution >= 4 is 38.3 Å². The Hall–Kier alpha value is 0.510. The molecule has 9 heavy (non-hydrogen) atoms. The number of nitrogens with zero attached hydrogens (tertiary/aromatic N) is 2. The molecule has 1 aliphatic heterocycles. The van der Waals surface area contributed by atoms with Gasteiger partial charge in [-0.1, -0.05) is 12.8 Å². The average Bonchev–Trinajstić information content (AvgIpc) is 1.59. The maximum Gasteiger partial charge on any atom is 0.0583 e. The highest BCUT2D eigenvalue weighted by atomic mass is 32.1. The summed E-state index contributed by atoms with van der Waals surface area (Å²) in [5, 5.41) is 0. The van der Waals surface area contributed by atoms with Crippen LogP contribution in [0.4, 0.5) is 0 Å². The molecular weight excluding hydrogens is 174 g/mol. The number of hydrazine groups is 2. The van der Waals surface area contributed by atoms with Crippen LogP contribution in [0, 0.1) is 0 Å². The van der Waals surface area contributed by atoms with Gasteiger partial charge < -0.3 is 0 Å². The lowest BCUT2D eigenvalue weighted by Gasteiger charge is -2.27. The molecule has 0 radical (unpaired) electrons. The Kier molecular flexibility index (Phi) is 2.59. The number of thiol groups is 3. The summed E-state index contributed by atoms with van der Waals surface area (Å²) in [4.78, 5) is 0.916. The van der Waals surface area contributed by atoms with E-state index >= 15 is 0 Å². The third kappa shape index (κ3) is 2.30. The zero-order chi connectivity index (χ0) is 6.85. The van der Waals surface area contributed by atoms with E-state index in [1.54, 1.807) is 10.6 Å². The van der Waals surface area contributed by atoms with Gasteiger partial charge in [0.15, 0.2) is 0 Å². The summed E-state index contributed by atoms with van der Waals surface area (Å²) in [7, 11) is 0. The van der Waals surface area contributed by atoms with E-state index in [0.717, 1.165) is 4.91 Å². The molecular formula is C3H7N3S3. The maximum atomic E-state index is 4.12. The van der Waals surface area contributed by atoms with E-state index in [1.165, 1.54) is 4.41 Å². The van der Waals surface area contributed by atoms with Crippen molar-refractivity contribution in [1.29, 1.82) is 0 Å². The molecule has 0 saturated carbocycles. The summed E-state index contributed by atoms with van der Waals surface area (Å²) in [6, 6.07) is 0. The van der Waals surface area contributed by atoms with Crippen molar-refractivity contribution in [2.24, 2.45) is 0 Å². The lowest BCUT2D eigenvalue weighted by molar-refractivity contribution is 0.241. The van der Waals surface area contributed by atoms with E-state index in [9.17, 15) is 0 Å². The van der Waals surface area contributed by atoms with Crippen molar-refractivity contribution in [2.45, 2.75) is 0 Å². The van der Waals surface area contributed by atoms with Crippen LogP contribution in [0.1, 0.15) is 0 Å². The fourth-order valence-electron chi connectivity index (χ4n) is 0.518. The minimum atomic E-state index is 0.684. The maximum absolute atomic E-state index is 4.12. The number of rotatable bonds is 0. The second kappa shape index (κ2) is 3.07. The van der Waals surface area contributed by atoms with Crippen molar-refractivity contribution in [3.05, 3.63) is 11.1 Å². The van der Waals surface area contributed by atoms with Crippen LogP contribution in [0.2, 0.25) is 0 Å². The minimum absolute atomic E-state index is 0.684. The summed E-state index contributed by atoms with van der Waals surface area (Å²) < 4.78 is 3.06. The Labute approximate surface area is 70.5 Å². The molecule has 3 nitrogen and oxygen atoms in total. The Morgan fingerprint density at radius 3 is 2.67 bits per heavy atom. The Morgan fingerprint density at radius 1 is 1.56 bits per heavy atom. The van der Waals surface area contributed by atoms with Gasteiger partial charge in [-0.25, -0.2) is 4.41 Å². The monoisotopic (exact) mass is 181 g/mol. The topological polar surface area (TPSA) is 18.5 Å². The van der Waals surface area contributed by atoms with Gasteiger partial charge in [-0.3, -0.25) is 0 Å². The highest BCUT2D eigenvalue weighted by Crippen LogP contribution is 2.11. The molecule has 0 aromatic carbocycles. The summed E-state index contributed by atoms with van der Waals surface area (Å²) in [6.45, 7) is 0.684. The van der Waals surface area contributed by atoms with Gasteiger partial charge in [-0.05, 0) is 12.8 Å². The van der Waals surface area contributed by atoms with Gasteiger partial charge in [0.1, 0.15) is 0 Å². The molecule has 0 aromatic heterocycles. The Balaban J connectivity index is 2.56. The first-order valence-corrected chi connectivity index (χ1v) is 3.53. The van der Waals surface area contributed by atoms with Gasteiger partial charge in [-0.2, -0.15) is 4.41 Å². The predicted octanol–water partition coefficient (Wildman–Crippen LogP) is 0.484. The van der Waals surface area contributed by atoms with E-state index < -0.39 is 0 Å². The molecule has 0 spiro atoms. The van der Waals surface area contributed by atoms with Crippen molar-refractivity contribution in [1.82, 2.24) is 14.4 Å². The minimum Gasteiger partial charge on any atom is -0.245 e. The molecule has 0 amide bonds. The SMILES string of the molecule is SC1=CN(S)NN(S)C1. The molecule has 1 heterocycles. The van der Waals surface area contributed by atoms with Crippen molar-refractivity contribution < 1.29 is 0 Å². The first kappa shape index (κ1) is 7.62. The van der Waals surface area contributed by atoms with E-state index in [4.69, 9.17) is 0 Å². The van der Waals surface area contributed by atoms with E-state index in [1.807, 2.05) is 0 Å². The molecule has 0 bridgehead atoms. The van der Waals surface area contributed by atoms with E-state index in [0.29, 0.717) is 6.54 Å². The molecule has 52 valence electrons. The summed E-state index contributed by atoms with van der Waals surface area (Å²) in [6.07, 6.45) is 1.76. The zero-order valence-corrected chi connectivity index (χ0v) is 7.20. The number of hydrogen-bond acceptors (Lipinski definition) is 6. The second-order valence-corrected chi connectivity index (χ2v) is 3.11. The van der Waals surface area contributed by atoms with Gasteiger partial charge in [-0.15, -0.1) is 18.2 Å². The van der Waals surface area contributed by atoms with Crippen LogP contribution in [0.3, 0.4) is 0 Å². The van der Waals surface area contributed by atoms with Gasteiger partial charge in [0.25, 0.3) is 0 Å². The third-order valence-electron chi connectivity index (χ3n) is 0.801. The lowest BCUT2D eigenvalue weighted by atomic mass is 10.6. The largest absolute Gasteiger partial charge is 0.245 e. The molecule has 6 heteroatoms. The molecule has 1 aliphatic rings. The molecule has 0 aliphatic carbocycles. The lowest BCUT2D eigenvalue weighted by Crippen LogP contribution is -2.41. The molecule has 0 unspecified atom stereocenters. The quantitative estimate of drug-likeness (QED) is 0.408. The standard InChI is InChI=1S/C3H7N3S3/c7-3-1-5(8)4-6(9)2-3/h1,4,7-9H,2H2. The predicted molar refractivity (Wildman–Crippen MR) is 46.7 cm³/mol. The van der Waals surface area contributed by atoms with Gasteiger partial charge in [0.05, 0.1) is 6.54 Å². The Morgan fingerprint density at radius 2 is 2.22 bits per heavy atom. The summed E-state index contributed by atoms with van der Waals surface area (Å²) in [5.74, 6) is 0. The molecule has 0 aromatic rings. The summed E-state index contributed by atoms with van der Waals surface area (Å²) in [5.41, 5.74) is 2.78. The van der Waals surface area contributed by atoms with Gasteiger partial charge in [0, 0.05) is 11.1 Å². The van der Waals surface area contributed by atoms with Crippen molar-refractivity contribution in [2.75, 3.05) is 6.54 Å². The zero-order valence-electron chi connectivity index (χ0n) is 4.52. The number of nitrogens with one attached hydrogen (secondary N) is 1. The van der Waals surface area contributed by atoms with Gasteiger partial charge in [0.2, 0.25) is 0 Å². The van der Waals surface area contributed by atoms with Crippen LogP contribution in [0.5, 0.6) is 0 Å². The van der Waals surface area contributed by atoms with E-state index in [2.05, 4.69) is 43.8 Å². The highest BCUT2D eigenvalue weighted by molar-refractivity contribution is 7.84. The van der Waals surface area contributed by atoms with Crippen LogP contribution < -0.4 is 5.53 Å². The van der Waals surface area contributed by atoms with Crippen LogP contribution in [0.25, 0.3) is 0 Å². The first-order valence-electron chi connectivity index (χ1n) is 2.29. The third-order valence-corrected chi connectivity index (χ3v) is 1.49. The molecule has 1 N–H and O–H groups in total. The fourth-order valence-corrected chi connectivity index (χ4v) is 1.54. The van der Waals surface area contributed by atoms with Crippen LogP contribution in [-0.4, -0.2) is 15.4 Å². The second-order valence-electron chi connectivity index (χ2n) is 1.62. The first-order chi connectivity index (χ1) is 4.18. The smallest absolute Gasteiger partial charge is 0.0583 e. The normalized spacial score (nSPS) is 22.1. The van der Waals surface area contributed by atoms with Crippen LogP contribution in [-0.2, 0) is 0 Å². The fraction of sp³-hybridized carbons (Fsp3) is 0.333. The molecule has 1 rings (SSSR count). The summed E-state index contributed by atoms with van der Waals surface area (Å²) >= 11 is 12.1. The molecule has 0 atom stereocenters. The van der Waals surface area contributed by atoms with Crippen LogP contribution >= 0.6 is 38.3 Å². The highest BCUT2D eigenvalue weighted by Gasteiger charge is 2.08. The van der Waals surface area contributed by atoms with Crippen molar-refractivity contribution in [3.63, 3.8) is 0 Å². The molecule has 0 fully saturated rings. The van der Waals surface area contributed by atoms with Crippen molar-refractivity contribution in [3.8, 4) is 0 Å². The number of hydrogen-bond donors (Lipinski definition) is 4. The van der Waals surface area contributed by atoms with Crippen LogP contribution in [0.15, 0.2) is 11.1 Å².